The summed E-state index contributed by atoms with van der Waals surface area (Å²) in [6.07, 6.45) is 4.35. The lowest BCUT2D eigenvalue weighted by Crippen LogP contribution is -2.27. The smallest absolute Gasteiger partial charge is 0.269 e. The van der Waals surface area contributed by atoms with Crippen molar-refractivity contribution in [2.45, 2.75) is 45.6 Å². The Hall–Kier alpha value is -2.34. The fourth-order valence-electron chi connectivity index (χ4n) is 3.48. The Kier molecular flexibility index (Phi) is 3.85. The molecule has 3 rings (SSSR count). The highest BCUT2D eigenvalue weighted by Gasteiger charge is 2.22. The monoisotopic (exact) mass is 292 g/mol. The van der Waals surface area contributed by atoms with Crippen molar-refractivity contribution in [3.63, 3.8) is 0 Å². The van der Waals surface area contributed by atoms with Crippen molar-refractivity contribution in [3.8, 4) is 17.3 Å². The third kappa shape index (κ3) is 2.46. The van der Waals surface area contributed by atoms with Crippen LogP contribution in [0.2, 0.25) is 0 Å². The maximum atomic E-state index is 12.7. The predicted molar refractivity (Wildman–Crippen MR) is 87.8 cm³/mol. The van der Waals surface area contributed by atoms with Gasteiger partial charge in [0.2, 0.25) is 0 Å². The molecule has 0 bridgehead atoms. The van der Waals surface area contributed by atoms with Crippen molar-refractivity contribution in [1.82, 2.24) is 4.57 Å². The highest BCUT2D eigenvalue weighted by Crippen LogP contribution is 2.33. The molecular formula is C19H20N2O. The van der Waals surface area contributed by atoms with Gasteiger partial charge in [-0.3, -0.25) is 4.79 Å². The fourth-order valence-corrected chi connectivity index (χ4v) is 3.48. The zero-order chi connectivity index (χ0) is 15.7. The molecule has 3 heteroatoms. The summed E-state index contributed by atoms with van der Waals surface area (Å²) >= 11 is 0. The molecule has 0 amide bonds. The Morgan fingerprint density at radius 2 is 1.86 bits per heavy atom. The van der Waals surface area contributed by atoms with Gasteiger partial charge in [-0.2, -0.15) is 5.26 Å². The molecule has 1 saturated carbocycles. The molecule has 112 valence electrons. The van der Waals surface area contributed by atoms with Gasteiger partial charge in [0.1, 0.15) is 11.6 Å². The average molecular weight is 292 g/mol. The van der Waals surface area contributed by atoms with Crippen molar-refractivity contribution in [2.24, 2.45) is 0 Å². The van der Waals surface area contributed by atoms with E-state index in [0.29, 0.717) is 0 Å². The number of nitriles is 1. The van der Waals surface area contributed by atoms with E-state index in [1.165, 1.54) is 5.56 Å². The largest absolute Gasteiger partial charge is 0.304 e. The Morgan fingerprint density at radius 3 is 2.50 bits per heavy atom. The van der Waals surface area contributed by atoms with E-state index in [1.54, 1.807) is 6.07 Å². The molecule has 1 aromatic carbocycles. The Labute approximate surface area is 130 Å². The number of benzene rings is 1. The van der Waals surface area contributed by atoms with E-state index in [2.05, 4.69) is 32.0 Å². The van der Waals surface area contributed by atoms with Crippen LogP contribution in [0, 0.1) is 25.2 Å². The van der Waals surface area contributed by atoms with E-state index in [-0.39, 0.29) is 17.2 Å². The zero-order valence-corrected chi connectivity index (χ0v) is 13.1. The normalized spacial score (nSPS) is 15.0. The van der Waals surface area contributed by atoms with Crippen LogP contribution >= 0.6 is 0 Å². The molecule has 0 aliphatic heterocycles. The first kappa shape index (κ1) is 14.6. The van der Waals surface area contributed by atoms with E-state index in [0.717, 1.165) is 42.5 Å². The lowest BCUT2D eigenvalue weighted by atomic mass is 10.0. The van der Waals surface area contributed by atoms with Crippen LogP contribution in [0.5, 0.6) is 0 Å². The van der Waals surface area contributed by atoms with Crippen LogP contribution in [0.4, 0.5) is 0 Å². The molecule has 22 heavy (non-hydrogen) atoms. The quantitative estimate of drug-likeness (QED) is 0.836. The van der Waals surface area contributed by atoms with Crippen molar-refractivity contribution in [3.05, 3.63) is 57.4 Å². The molecule has 0 radical (unpaired) electrons. The summed E-state index contributed by atoms with van der Waals surface area (Å²) in [4.78, 5) is 12.7. The second-order valence-corrected chi connectivity index (χ2v) is 6.18. The van der Waals surface area contributed by atoms with Crippen molar-refractivity contribution in [2.75, 3.05) is 0 Å². The SMILES string of the molecule is Cc1ccc(-c2ccc(C#N)c(=O)n2C2CCCC2)c(C)c1. The van der Waals surface area contributed by atoms with Gasteiger partial charge in [-0.25, -0.2) is 0 Å². The predicted octanol–water partition coefficient (Wildman–Crippen LogP) is 4.12. The van der Waals surface area contributed by atoms with Crippen molar-refractivity contribution < 1.29 is 0 Å². The number of hydrogen-bond donors (Lipinski definition) is 0. The van der Waals surface area contributed by atoms with Crippen molar-refractivity contribution in [1.29, 1.82) is 5.26 Å². The van der Waals surface area contributed by atoms with Gasteiger partial charge in [-0.1, -0.05) is 36.6 Å². The number of hydrogen-bond acceptors (Lipinski definition) is 2. The summed E-state index contributed by atoms with van der Waals surface area (Å²) in [6.45, 7) is 4.14. The first-order valence-corrected chi connectivity index (χ1v) is 7.85. The molecule has 1 fully saturated rings. The van der Waals surface area contributed by atoms with E-state index in [1.807, 2.05) is 16.7 Å². The number of nitrogens with zero attached hydrogens (tertiary/aromatic N) is 2. The number of aryl methyl sites for hydroxylation is 2. The molecule has 1 heterocycles. The number of aromatic nitrogens is 1. The van der Waals surface area contributed by atoms with E-state index in [4.69, 9.17) is 0 Å². The highest BCUT2D eigenvalue weighted by atomic mass is 16.1. The molecule has 0 N–H and O–H groups in total. The number of rotatable bonds is 2. The van der Waals surface area contributed by atoms with Gasteiger partial charge in [-0.15, -0.1) is 0 Å². The minimum Gasteiger partial charge on any atom is -0.304 e. The second-order valence-electron chi connectivity index (χ2n) is 6.18. The summed E-state index contributed by atoms with van der Waals surface area (Å²) < 4.78 is 1.86. The van der Waals surface area contributed by atoms with Crippen LogP contribution in [-0.4, -0.2) is 4.57 Å². The molecule has 0 saturated heterocycles. The standard InChI is InChI=1S/C19H20N2O/c1-13-7-9-17(14(2)11-13)18-10-8-15(12-20)19(22)21(18)16-5-3-4-6-16/h7-11,16H,3-6H2,1-2H3. The number of pyridine rings is 1. The summed E-state index contributed by atoms with van der Waals surface area (Å²) in [5.74, 6) is 0. The zero-order valence-electron chi connectivity index (χ0n) is 13.1. The summed E-state index contributed by atoms with van der Waals surface area (Å²) in [5.41, 5.74) is 4.49. The van der Waals surface area contributed by atoms with Crippen LogP contribution in [0.15, 0.2) is 35.1 Å². The van der Waals surface area contributed by atoms with E-state index < -0.39 is 0 Å². The van der Waals surface area contributed by atoms with Crippen LogP contribution < -0.4 is 5.56 Å². The summed E-state index contributed by atoms with van der Waals surface area (Å²) in [7, 11) is 0. The lowest BCUT2D eigenvalue weighted by Gasteiger charge is -2.20. The van der Waals surface area contributed by atoms with Gasteiger partial charge in [0, 0.05) is 11.6 Å². The van der Waals surface area contributed by atoms with Gasteiger partial charge < -0.3 is 4.57 Å². The lowest BCUT2D eigenvalue weighted by molar-refractivity contribution is 0.507. The van der Waals surface area contributed by atoms with Crippen LogP contribution in [0.1, 0.15) is 48.4 Å². The highest BCUT2D eigenvalue weighted by molar-refractivity contribution is 5.65. The van der Waals surface area contributed by atoms with Gasteiger partial charge in [0.25, 0.3) is 5.56 Å². The summed E-state index contributed by atoms with van der Waals surface area (Å²) in [5, 5.41) is 9.17. The van der Waals surface area contributed by atoms with E-state index >= 15 is 0 Å². The molecular weight excluding hydrogens is 272 g/mol. The molecule has 3 nitrogen and oxygen atoms in total. The average Bonchev–Trinajstić information content (AvgIpc) is 3.01. The van der Waals surface area contributed by atoms with Gasteiger partial charge in [0.15, 0.2) is 0 Å². The Bertz CT molecular complexity index is 805. The molecule has 1 aliphatic carbocycles. The Balaban J connectivity index is 2.25. The minimum atomic E-state index is -0.146. The fraction of sp³-hybridized carbons (Fsp3) is 0.368. The minimum absolute atomic E-state index is 0.146. The van der Waals surface area contributed by atoms with Crippen LogP contribution in [0.25, 0.3) is 11.3 Å². The van der Waals surface area contributed by atoms with Gasteiger partial charge >= 0.3 is 0 Å². The van der Waals surface area contributed by atoms with Gasteiger partial charge in [-0.05, 0) is 44.4 Å². The molecule has 2 aromatic rings. The first-order valence-electron chi connectivity index (χ1n) is 7.85. The first-order chi connectivity index (χ1) is 10.6. The maximum absolute atomic E-state index is 12.7. The molecule has 1 aliphatic rings. The second kappa shape index (κ2) is 5.81. The molecule has 0 atom stereocenters. The Morgan fingerprint density at radius 1 is 1.14 bits per heavy atom. The van der Waals surface area contributed by atoms with Crippen LogP contribution in [0.3, 0.4) is 0 Å². The molecule has 0 spiro atoms. The maximum Gasteiger partial charge on any atom is 0.269 e. The topological polar surface area (TPSA) is 45.8 Å². The third-order valence-electron chi connectivity index (χ3n) is 4.58. The van der Waals surface area contributed by atoms with Crippen molar-refractivity contribution >= 4 is 0 Å². The van der Waals surface area contributed by atoms with Crippen LogP contribution in [-0.2, 0) is 0 Å². The molecule has 0 unspecified atom stereocenters. The van der Waals surface area contributed by atoms with E-state index in [9.17, 15) is 10.1 Å². The summed E-state index contributed by atoms with van der Waals surface area (Å²) in [6, 6.07) is 12.1. The molecule has 1 aromatic heterocycles. The third-order valence-corrected chi connectivity index (χ3v) is 4.58. The van der Waals surface area contributed by atoms with Gasteiger partial charge in [0.05, 0.1) is 5.69 Å².